The van der Waals surface area contributed by atoms with E-state index >= 15 is 0 Å². The molecule has 4 N–H and O–H groups in total. The van der Waals surface area contributed by atoms with Gasteiger partial charge in [0.05, 0.1) is 0 Å². The Labute approximate surface area is 71.1 Å². The van der Waals surface area contributed by atoms with Crippen LogP contribution >= 0.6 is 24.8 Å². The van der Waals surface area contributed by atoms with Gasteiger partial charge in [0.1, 0.15) is 5.66 Å². The molecule has 7 heteroatoms. The van der Waals surface area contributed by atoms with Crippen molar-refractivity contribution in [3.63, 3.8) is 0 Å². The summed E-state index contributed by atoms with van der Waals surface area (Å²) in [5.74, 6) is 0. The fourth-order valence-electron chi connectivity index (χ4n) is 0.278. The number of nitro groups is 1. The van der Waals surface area contributed by atoms with E-state index in [0.717, 1.165) is 0 Å². The van der Waals surface area contributed by atoms with Crippen LogP contribution in [0, 0.1) is 10.1 Å². The van der Waals surface area contributed by atoms with Crippen molar-refractivity contribution >= 4 is 24.8 Å². The minimum Gasteiger partial charge on any atom is -0.308 e. The van der Waals surface area contributed by atoms with E-state index in [4.69, 9.17) is 11.5 Å². The zero-order chi connectivity index (χ0) is 6.78. The minimum absolute atomic E-state index is 0. The van der Waals surface area contributed by atoms with Crippen molar-refractivity contribution in [2.75, 3.05) is 6.54 Å². The molecule has 0 amide bonds. The molecule has 0 saturated carbocycles. The average molecular weight is 192 g/mol. The number of rotatable bonds is 2. The molecule has 64 valence electrons. The van der Waals surface area contributed by atoms with E-state index in [1.165, 1.54) is 6.92 Å². The fraction of sp³-hybridized carbons (Fsp3) is 1.00. The molecule has 0 aromatic carbocycles. The van der Waals surface area contributed by atoms with Crippen LogP contribution in [0.5, 0.6) is 0 Å². The maximum absolute atomic E-state index is 9.66. The smallest absolute Gasteiger partial charge is 0.234 e. The summed E-state index contributed by atoms with van der Waals surface area (Å²) < 4.78 is 0. The van der Waals surface area contributed by atoms with Crippen LogP contribution in [-0.4, -0.2) is 17.1 Å². The molecule has 0 aliphatic carbocycles. The van der Waals surface area contributed by atoms with Crippen LogP contribution in [0.4, 0.5) is 0 Å². The highest BCUT2D eigenvalue weighted by Gasteiger charge is 2.17. The summed E-state index contributed by atoms with van der Waals surface area (Å²) >= 11 is 0. The third-order valence-corrected chi connectivity index (χ3v) is 0.470. The first-order valence-electron chi connectivity index (χ1n) is 2.11. The standard InChI is InChI=1S/C3H9N3O2.2ClH/c1-3(4,5)2-6(7)8;;/h2,4-5H2,1H3;2*1H. The van der Waals surface area contributed by atoms with Crippen molar-refractivity contribution in [3.05, 3.63) is 10.1 Å². The second kappa shape index (κ2) is 5.67. The van der Waals surface area contributed by atoms with Gasteiger partial charge in [-0.25, -0.2) is 0 Å². The number of hydrogen-bond donors (Lipinski definition) is 2. The van der Waals surface area contributed by atoms with E-state index in [1.54, 1.807) is 0 Å². The Bertz CT molecular complexity index is 102. The second-order valence-corrected chi connectivity index (χ2v) is 2.00. The Balaban J connectivity index is -0.000000245. The summed E-state index contributed by atoms with van der Waals surface area (Å²) in [6.45, 7) is 1.00. The van der Waals surface area contributed by atoms with E-state index in [2.05, 4.69) is 0 Å². The second-order valence-electron chi connectivity index (χ2n) is 2.00. The number of hydrogen-bond acceptors (Lipinski definition) is 4. The summed E-state index contributed by atoms with van der Waals surface area (Å²) in [4.78, 5) is 9.12. The number of halogens is 2. The molecule has 10 heavy (non-hydrogen) atoms. The molecule has 5 nitrogen and oxygen atoms in total. The van der Waals surface area contributed by atoms with Crippen molar-refractivity contribution in [1.29, 1.82) is 0 Å². The zero-order valence-electron chi connectivity index (χ0n) is 5.44. The van der Waals surface area contributed by atoms with Crippen LogP contribution in [0.3, 0.4) is 0 Å². The van der Waals surface area contributed by atoms with Crippen molar-refractivity contribution < 1.29 is 4.92 Å². The molecule has 0 aromatic heterocycles. The predicted octanol–water partition coefficient (Wildman–Crippen LogP) is -0.260. The highest BCUT2D eigenvalue weighted by molar-refractivity contribution is 5.85. The maximum atomic E-state index is 9.66. The Morgan fingerprint density at radius 2 is 1.80 bits per heavy atom. The molecule has 0 atom stereocenters. The van der Waals surface area contributed by atoms with Gasteiger partial charge >= 0.3 is 0 Å². The lowest BCUT2D eigenvalue weighted by molar-refractivity contribution is -0.488. The highest BCUT2D eigenvalue weighted by atomic mass is 35.5. The summed E-state index contributed by atoms with van der Waals surface area (Å²) in [6.07, 6.45) is 0. The molecule has 0 heterocycles. The van der Waals surface area contributed by atoms with Gasteiger partial charge in [-0.1, -0.05) is 0 Å². The first-order chi connectivity index (χ1) is 3.42. The third-order valence-electron chi connectivity index (χ3n) is 0.470. The SMILES string of the molecule is CC(N)(N)C[N+](=O)[O-].Cl.Cl. The predicted molar refractivity (Wildman–Crippen MR) is 43.1 cm³/mol. The molecule has 0 spiro atoms. The lowest BCUT2D eigenvalue weighted by Crippen LogP contribution is -2.51. The molecule has 0 fully saturated rings. The van der Waals surface area contributed by atoms with E-state index < -0.39 is 17.1 Å². The van der Waals surface area contributed by atoms with Crippen molar-refractivity contribution in [2.24, 2.45) is 11.5 Å². The molecule has 0 bridgehead atoms. The minimum atomic E-state index is -1.18. The molecular formula is C3H11Cl2N3O2. The van der Waals surface area contributed by atoms with E-state index in [9.17, 15) is 10.1 Å². The quantitative estimate of drug-likeness (QED) is 0.358. The summed E-state index contributed by atoms with van der Waals surface area (Å²) in [5.41, 5.74) is 8.97. The normalized spacial score (nSPS) is 9.10. The first kappa shape index (κ1) is 16.5. The Hall–Kier alpha value is -0.100. The lowest BCUT2D eigenvalue weighted by atomic mass is 10.2. The van der Waals surface area contributed by atoms with E-state index in [-0.39, 0.29) is 24.8 Å². The van der Waals surface area contributed by atoms with Crippen LogP contribution in [0.25, 0.3) is 0 Å². The van der Waals surface area contributed by atoms with Gasteiger partial charge in [-0.2, -0.15) is 0 Å². The van der Waals surface area contributed by atoms with Gasteiger partial charge in [-0.05, 0) is 6.92 Å². The number of nitrogens with two attached hydrogens (primary N) is 2. The largest absolute Gasteiger partial charge is 0.308 e. The molecule has 0 aromatic rings. The van der Waals surface area contributed by atoms with E-state index in [0.29, 0.717) is 0 Å². The summed E-state index contributed by atoms with van der Waals surface area (Å²) in [6, 6.07) is 0. The van der Waals surface area contributed by atoms with E-state index in [1.807, 2.05) is 0 Å². The van der Waals surface area contributed by atoms with Crippen LogP contribution in [0.2, 0.25) is 0 Å². The number of nitrogens with zero attached hydrogens (tertiary/aromatic N) is 1. The van der Waals surface area contributed by atoms with Gasteiger partial charge in [-0.3, -0.25) is 10.1 Å². The highest BCUT2D eigenvalue weighted by Crippen LogP contribution is 1.85. The summed E-state index contributed by atoms with van der Waals surface area (Å²) in [5, 5.41) is 9.66. The van der Waals surface area contributed by atoms with Crippen LogP contribution < -0.4 is 11.5 Å². The van der Waals surface area contributed by atoms with Crippen LogP contribution in [-0.2, 0) is 0 Å². The molecule has 0 saturated heterocycles. The Morgan fingerprint density at radius 1 is 1.50 bits per heavy atom. The van der Waals surface area contributed by atoms with Gasteiger partial charge in [0.25, 0.3) is 0 Å². The van der Waals surface area contributed by atoms with Gasteiger partial charge in [0, 0.05) is 4.92 Å². The maximum Gasteiger partial charge on any atom is 0.234 e. The lowest BCUT2D eigenvalue weighted by Gasteiger charge is -2.10. The van der Waals surface area contributed by atoms with Crippen molar-refractivity contribution in [2.45, 2.75) is 12.6 Å². The van der Waals surface area contributed by atoms with Gasteiger partial charge in [0.15, 0.2) is 0 Å². The molecule has 0 aliphatic rings. The molecule has 0 radical (unpaired) electrons. The molecule has 0 aliphatic heterocycles. The van der Waals surface area contributed by atoms with Gasteiger partial charge < -0.3 is 11.5 Å². The van der Waals surface area contributed by atoms with Crippen molar-refractivity contribution in [3.8, 4) is 0 Å². The molecule has 0 rings (SSSR count). The molecular weight excluding hydrogens is 181 g/mol. The third kappa shape index (κ3) is 15.7. The zero-order valence-corrected chi connectivity index (χ0v) is 7.08. The topological polar surface area (TPSA) is 95.2 Å². The Morgan fingerprint density at radius 3 is 1.80 bits per heavy atom. The first-order valence-corrected chi connectivity index (χ1v) is 2.11. The van der Waals surface area contributed by atoms with Crippen molar-refractivity contribution in [1.82, 2.24) is 0 Å². The van der Waals surface area contributed by atoms with Gasteiger partial charge in [0.2, 0.25) is 6.54 Å². The fourth-order valence-corrected chi connectivity index (χ4v) is 0.278. The molecule has 0 unspecified atom stereocenters. The van der Waals surface area contributed by atoms with Crippen LogP contribution in [0.15, 0.2) is 0 Å². The monoisotopic (exact) mass is 191 g/mol. The summed E-state index contributed by atoms with van der Waals surface area (Å²) in [7, 11) is 0. The average Bonchev–Trinajstić information content (AvgIpc) is 1.21. The Kier molecular flexibility index (Phi) is 9.33. The van der Waals surface area contributed by atoms with Crippen LogP contribution in [0.1, 0.15) is 6.92 Å². The van der Waals surface area contributed by atoms with Gasteiger partial charge in [-0.15, -0.1) is 24.8 Å².